The van der Waals surface area contributed by atoms with Gasteiger partial charge in [0.1, 0.15) is 11.3 Å². The molecule has 10 nitrogen and oxygen atoms in total. The number of nitrogens with one attached hydrogen (secondary N) is 2. The first-order valence-electron chi connectivity index (χ1n) is 10.3. The number of nitrogens with zero attached hydrogens (tertiary/aromatic N) is 2. The number of nitro groups is 1. The van der Waals surface area contributed by atoms with Crippen LogP contribution in [-0.4, -0.2) is 28.1 Å². The van der Waals surface area contributed by atoms with Gasteiger partial charge in [-0.15, -0.1) is 0 Å². The first kappa shape index (κ1) is 22.9. The minimum absolute atomic E-state index is 0.0511. The number of carbonyl (C=O) groups is 2. The van der Waals surface area contributed by atoms with Crippen molar-refractivity contribution in [3.8, 4) is 5.75 Å². The van der Waals surface area contributed by atoms with Crippen molar-refractivity contribution in [3.05, 3.63) is 106 Å². The van der Waals surface area contributed by atoms with E-state index in [4.69, 9.17) is 5.73 Å². The molecule has 0 spiro atoms. The summed E-state index contributed by atoms with van der Waals surface area (Å²) in [7, 11) is 0. The molecule has 2 amide bonds. The Morgan fingerprint density at radius 1 is 0.943 bits per heavy atom. The zero-order chi connectivity index (χ0) is 24.9. The molecule has 10 heteroatoms. The Morgan fingerprint density at radius 3 is 2.40 bits per heavy atom. The number of benzene rings is 4. The number of phenols is 1. The van der Waals surface area contributed by atoms with Gasteiger partial charge >= 0.3 is 0 Å². The van der Waals surface area contributed by atoms with Crippen LogP contribution >= 0.6 is 0 Å². The number of hydrogen-bond acceptors (Lipinski definition) is 7. The Kier molecular flexibility index (Phi) is 6.36. The highest BCUT2D eigenvalue weighted by Gasteiger charge is 2.20. The summed E-state index contributed by atoms with van der Waals surface area (Å²) in [6.45, 7) is 0. The van der Waals surface area contributed by atoms with E-state index in [0.29, 0.717) is 16.6 Å². The zero-order valence-electron chi connectivity index (χ0n) is 18.1. The lowest BCUT2D eigenvalue weighted by Gasteiger charge is -2.11. The average Bonchev–Trinajstić information content (AvgIpc) is 2.86. The van der Waals surface area contributed by atoms with E-state index in [0.717, 1.165) is 5.39 Å². The Bertz CT molecular complexity index is 1500. The van der Waals surface area contributed by atoms with Crippen molar-refractivity contribution in [1.82, 2.24) is 5.43 Å². The molecule has 0 saturated heterocycles. The predicted molar refractivity (Wildman–Crippen MR) is 133 cm³/mol. The Morgan fingerprint density at radius 2 is 1.66 bits per heavy atom. The van der Waals surface area contributed by atoms with Crippen LogP contribution in [0, 0.1) is 10.1 Å². The van der Waals surface area contributed by atoms with Crippen molar-refractivity contribution in [2.24, 2.45) is 5.10 Å². The van der Waals surface area contributed by atoms with Gasteiger partial charge < -0.3 is 16.2 Å². The molecule has 0 aliphatic carbocycles. The molecule has 0 saturated carbocycles. The van der Waals surface area contributed by atoms with Gasteiger partial charge in [-0.1, -0.05) is 42.5 Å². The van der Waals surface area contributed by atoms with Crippen molar-refractivity contribution >= 4 is 45.9 Å². The quantitative estimate of drug-likeness (QED) is 0.110. The molecular weight excluding hydrogens is 450 g/mol. The Hall–Kier alpha value is -5.25. The number of carbonyl (C=O) groups excluding carboxylic acids is 2. The van der Waals surface area contributed by atoms with E-state index in [2.05, 4.69) is 15.8 Å². The van der Waals surface area contributed by atoms with Crippen molar-refractivity contribution in [1.29, 1.82) is 0 Å². The van der Waals surface area contributed by atoms with E-state index in [1.165, 1.54) is 42.6 Å². The third kappa shape index (κ3) is 4.91. The third-order valence-corrected chi connectivity index (χ3v) is 5.21. The second-order valence-electron chi connectivity index (χ2n) is 7.45. The summed E-state index contributed by atoms with van der Waals surface area (Å²) in [5, 5.41) is 28.9. The van der Waals surface area contributed by atoms with Crippen LogP contribution < -0.4 is 16.5 Å². The number of nitro benzene ring substituents is 1. The Balaban J connectivity index is 1.57. The molecule has 0 aliphatic heterocycles. The molecular formula is C25H19N5O5. The monoisotopic (exact) mass is 469 g/mol. The average molecular weight is 469 g/mol. The van der Waals surface area contributed by atoms with E-state index in [1.54, 1.807) is 30.3 Å². The second-order valence-corrected chi connectivity index (χ2v) is 7.45. The van der Waals surface area contributed by atoms with Crippen molar-refractivity contribution < 1.29 is 19.6 Å². The number of hydrogen-bond donors (Lipinski definition) is 4. The fraction of sp³-hybridized carbons (Fsp3) is 0. The molecule has 174 valence electrons. The highest BCUT2D eigenvalue weighted by molar-refractivity contribution is 6.13. The highest BCUT2D eigenvalue weighted by Crippen LogP contribution is 2.27. The molecule has 0 fully saturated rings. The largest absolute Gasteiger partial charge is 0.506 e. The SMILES string of the molecule is Nc1cc(C(=O)N/N=C/c2ccc(NC(=O)c3ccccc3[N+](=O)[O-])c3ccccc23)ccc1O. The number of para-hydroxylation sites is 1. The molecule has 4 aromatic rings. The molecule has 0 unspecified atom stereocenters. The molecule has 0 bridgehead atoms. The first-order valence-corrected chi connectivity index (χ1v) is 10.3. The fourth-order valence-electron chi connectivity index (χ4n) is 3.48. The maximum absolute atomic E-state index is 12.8. The van der Waals surface area contributed by atoms with Crippen LogP contribution in [0.15, 0.2) is 84.0 Å². The number of nitrogens with two attached hydrogens (primary N) is 1. The maximum Gasteiger partial charge on any atom is 0.282 e. The zero-order valence-corrected chi connectivity index (χ0v) is 18.1. The highest BCUT2D eigenvalue weighted by atomic mass is 16.6. The van der Waals surface area contributed by atoms with Gasteiger partial charge in [-0.3, -0.25) is 19.7 Å². The molecule has 0 aromatic heterocycles. The van der Waals surface area contributed by atoms with Crippen LogP contribution in [0.2, 0.25) is 0 Å². The topological polar surface area (TPSA) is 160 Å². The predicted octanol–water partition coefficient (Wildman–Crippen LogP) is 4.05. The van der Waals surface area contributed by atoms with Gasteiger partial charge in [0, 0.05) is 28.3 Å². The summed E-state index contributed by atoms with van der Waals surface area (Å²) in [4.78, 5) is 35.7. The van der Waals surface area contributed by atoms with E-state index in [9.17, 15) is 24.8 Å². The lowest BCUT2D eigenvalue weighted by Crippen LogP contribution is -2.17. The molecule has 0 atom stereocenters. The summed E-state index contributed by atoms with van der Waals surface area (Å²) >= 11 is 0. The minimum Gasteiger partial charge on any atom is -0.506 e. The van der Waals surface area contributed by atoms with Crippen LogP contribution in [0.5, 0.6) is 5.75 Å². The molecule has 0 aliphatic rings. The van der Waals surface area contributed by atoms with Gasteiger partial charge in [-0.25, -0.2) is 5.43 Å². The van der Waals surface area contributed by atoms with Crippen LogP contribution in [0.25, 0.3) is 10.8 Å². The van der Waals surface area contributed by atoms with E-state index >= 15 is 0 Å². The standard InChI is InChI=1S/C25H19N5O5/c26-20-13-15(10-12-23(20)31)24(32)29-27-14-16-9-11-21(18-6-2-1-5-17(16)18)28-25(33)19-7-3-4-8-22(19)30(34)35/h1-14,31H,26H2,(H,28,33)(H,29,32)/b27-14+. The number of fused-ring (bicyclic) bond motifs is 1. The van der Waals surface area contributed by atoms with Crippen LogP contribution in [0.4, 0.5) is 17.1 Å². The summed E-state index contributed by atoms with van der Waals surface area (Å²) in [5.41, 5.74) is 9.11. The van der Waals surface area contributed by atoms with Gasteiger partial charge in [0.25, 0.3) is 17.5 Å². The number of amides is 2. The molecule has 35 heavy (non-hydrogen) atoms. The molecule has 4 aromatic carbocycles. The van der Waals surface area contributed by atoms with Crippen LogP contribution in [0.1, 0.15) is 26.3 Å². The molecule has 0 heterocycles. The Labute approximate surface area is 198 Å². The summed E-state index contributed by atoms with van der Waals surface area (Å²) in [6, 6.07) is 20.3. The van der Waals surface area contributed by atoms with Crippen molar-refractivity contribution in [2.75, 3.05) is 11.1 Å². The van der Waals surface area contributed by atoms with Gasteiger partial charge in [0.2, 0.25) is 0 Å². The lowest BCUT2D eigenvalue weighted by atomic mass is 10.0. The van der Waals surface area contributed by atoms with E-state index in [1.807, 2.05) is 12.1 Å². The molecule has 5 N–H and O–H groups in total. The van der Waals surface area contributed by atoms with Gasteiger partial charge in [-0.05, 0) is 35.7 Å². The smallest absolute Gasteiger partial charge is 0.282 e. The van der Waals surface area contributed by atoms with Gasteiger partial charge in [0.15, 0.2) is 0 Å². The number of aromatic hydroxyl groups is 1. The lowest BCUT2D eigenvalue weighted by molar-refractivity contribution is -0.385. The van der Waals surface area contributed by atoms with Crippen LogP contribution in [0.3, 0.4) is 0 Å². The number of nitrogen functional groups attached to an aromatic ring is 1. The van der Waals surface area contributed by atoms with Crippen molar-refractivity contribution in [2.45, 2.75) is 0 Å². The van der Waals surface area contributed by atoms with Gasteiger partial charge in [0.05, 0.1) is 16.8 Å². The number of phenolic OH excluding ortho intramolecular Hbond substituents is 1. The van der Waals surface area contributed by atoms with Gasteiger partial charge in [-0.2, -0.15) is 5.10 Å². The molecule has 0 radical (unpaired) electrons. The third-order valence-electron chi connectivity index (χ3n) is 5.21. The normalized spacial score (nSPS) is 10.9. The number of hydrazone groups is 1. The number of rotatable bonds is 6. The summed E-state index contributed by atoms with van der Waals surface area (Å²) in [6.07, 6.45) is 1.46. The fourth-order valence-corrected chi connectivity index (χ4v) is 3.48. The summed E-state index contributed by atoms with van der Waals surface area (Å²) in [5.74, 6) is -1.24. The number of anilines is 2. The molecule has 4 rings (SSSR count). The second kappa shape index (κ2) is 9.71. The van der Waals surface area contributed by atoms with Crippen LogP contribution in [-0.2, 0) is 0 Å². The maximum atomic E-state index is 12.8. The van der Waals surface area contributed by atoms with Crippen molar-refractivity contribution in [3.63, 3.8) is 0 Å². The van der Waals surface area contributed by atoms with E-state index < -0.39 is 16.7 Å². The van der Waals surface area contributed by atoms with E-state index in [-0.39, 0.29) is 28.3 Å². The first-order chi connectivity index (χ1) is 16.8. The summed E-state index contributed by atoms with van der Waals surface area (Å²) < 4.78 is 0. The minimum atomic E-state index is -0.607.